The van der Waals surface area contributed by atoms with Crippen LogP contribution in [0.1, 0.15) is 10.4 Å². The van der Waals surface area contributed by atoms with Crippen molar-refractivity contribution in [1.82, 2.24) is 9.80 Å². The minimum absolute atomic E-state index is 0.164. The van der Waals surface area contributed by atoms with Gasteiger partial charge in [-0.05, 0) is 23.4 Å². The van der Waals surface area contributed by atoms with E-state index < -0.39 is 19.3 Å². The number of hydrogen-bond donors (Lipinski definition) is 1. The van der Waals surface area contributed by atoms with Crippen LogP contribution in [-0.4, -0.2) is 59.8 Å². The molecule has 0 saturated heterocycles. The Kier molecular flexibility index (Phi) is 5.23. The van der Waals surface area contributed by atoms with E-state index in [1.807, 2.05) is 11.4 Å². The van der Waals surface area contributed by atoms with Crippen LogP contribution >= 0.6 is 11.3 Å². The SMILES string of the molecule is O=C(CN(CCO)CC(F)(F)F)N1CCc2sccc2C1. The molecule has 0 saturated carbocycles. The van der Waals surface area contributed by atoms with Gasteiger partial charge in [-0.15, -0.1) is 11.3 Å². The van der Waals surface area contributed by atoms with E-state index in [9.17, 15) is 18.0 Å². The number of fused-ring (bicyclic) bond motifs is 1. The Morgan fingerprint density at radius 2 is 2.24 bits per heavy atom. The predicted octanol–water partition coefficient (Wildman–Crippen LogP) is 1.49. The molecule has 0 radical (unpaired) electrons. The van der Waals surface area contributed by atoms with E-state index in [0.29, 0.717) is 13.1 Å². The lowest BCUT2D eigenvalue weighted by Crippen LogP contribution is -2.45. The summed E-state index contributed by atoms with van der Waals surface area (Å²) in [6, 6.07) is 1.95. The summed E-state index contributed by atoms with van der Waals surface area (Å²) in [5, 5.41) is 10.8. The summed E-state index contributed by atoms with van der Waals surface area (Å²) in [5.74, 6) is -0.329. The third-order valence-corrected chi connectivity index (χ3v) is 4.36. The second-order valence-corrected chi connectivity index (χ2v) is 5.98. The van der Waals surface area contributed by atoms with Crippen LogP contribution in [-0.2, 0) is 17.8 Å². The third-order valence-electron chi connectivity index (χ3n) is 3.34. The lowest BCUT2D eigenvalue weighted by Gasteiger charge is -2.30. The van der Waals surface area contributed by atoms with E-state index in [-0.39, 0.29) is 19.0 Å². The molecular weight excluding hydrogens is 305 g/mol. The summed E-state index contributed by atoms with van der Waals surface area (Å²) in [6.45, 7) is -1.08. The summed E-state index contributed by atoms with van der Waals surface area (Å²) in [7, 11) is 0. The molecule has 2 heterocycles. The van der Waals surface area contributed by atoms with Crippen LogP contribution in [0.15, 0.2) is 11.4 Å². The zero-order valence-corrected chi connectivity index (χ0v) is 12.2. The largest absolute Gasteiger partial charge is 0.401 e. The molecule has 0 bridgehead atoms. The maximum Gasteiger partial charge on any atom is 0.401 e. The van der Waals surface area contributed by atoms with Gasteiger partial charge in [-0.25, -0.2) is 0 Å². The highest BCUT2D eigenvalue weighted by molar-refractivity contribution is 7.10. The van der Waals surface area contributed by atoms with Crippen LogP contribution in [0.3, 0.4) is 0 Å². The number of nitrogens with zero attached hydrogens (tertiary/aromatic N) is 2. The lowest BCUT2D eigenvalue weighted by molar-refractivity contribution is -0.152. The number of aliphatic hydroxyl groups is 1. The molecule has 1 aliphatic rings. The van der Waals surface area contributed by atoms with Crippen molar-refractivity contribution >= 4 is 17.2 Å². The van der Waals surface area contributed by atoms with Crippen molar-refractivity contribution in [2.24, 2.45) is 0 Å². The number of amides is 1. The van der Waals surface area contributed by atoms with Gasteiger partial charge < -0.3 is 10.0 Å². The second-order valence-electron chi connectivity index (χ2n) is 4.98. The normalized spacial score (nSPS) is 15.4. The zero-order chi connectivity index (χ0) is 15.5. The van der Waals surface area contributed by atoms with Gasteiger partial charge in [0.25, 0.3) is 0 Å². The van der Waals surface area contributed by atoms with Crippen molar-refractivity contribution in [1.29, 1.82) is 0 Å². The first-order valence-electron chi connectivity index (χ1n) is 6.62. The van der Waals surface area contributed by atoms with Crippen LogP contribution in [0, 0.1) is 0 Å². The molecule has 0 atom stereocenters. The Hall–Kier alpha value is -1.12. The summed E-state index contributed by atoms with van der Waals surface area (Å²) < 4.78 is 37.3. The van der Waals surface area contributed by atoms with E-state index in [2.05, 4.69) is 0 Å². The van der Waals surface area contributed by atoms with Crippen LogP contribution < -0.4 is 0 Å². The standard InChI is InChI=1S/C13H17F3N2O2S/c14-13(15,16)9-17(4-5-19)8-12(20)18-3-1-11-10(7-18)2-6-21-11/h2,6,19H,1,3-5,7-9H2. The zero-order valence-electron chi connectivity index (χ0n) is 11.4. The summed E-state index contributed by atoms with van der Waals surface area (Å²) in [6.07, 6.45) is -3.63. The summed E-state index contributed by atoms with van der Waals surface area (Å²) in [4.78, 5) is 15.9. The highest BCUT2D eigenvalue weighted by Gasteiger charge is 2.32. The average Bonchev–Trinajstić information content (AvgIpc) is 2.83. The molecule has 1 amide bonds. The Bertz CT molecular complexity index is 490. The van der Waals surface area contributed by atoms with Crippen LogP contribution in [0.2, 0.25) is 0 Å². The Morgan fingerprint density at radius 1 is 1.48 bits per heavy atom. The molecule has 1 aromatic heterocycles. The lowest BCUT2D eigenvalue weighted by atomic mass is 10.1. The van der Waals surface area contributed by atoms with Crippen molar-refractivity contribution in [3.05, 3.63) is 21.9 Å². The van der Waals surface area contributed by atoms with E-state index in [1.54, 1.807) is 16.2 Å². The van der Waals surface area contributed by atoms with Gasteiger partial charge in [-0.2, -0.15) is 13.2 Å². The van der Waals surface area contributed by atoms with Gasteiger partial charge in [0, 0.05) is 24.5 Å². The number of carbonyl (C=O) groups excluding carboxylic acids is 1. The van der Waals surface area contributed by atoms with Gasteiger partial charge in [0.1, 0.15) is 0 Å². The fraction of sp³-hybridized carbons (Fsp3) is 0.615. The minimum atomic E-state index is -4.38. The van der Waals surface area contributed by atoms with E-state index in [1.165, 1.54) is 4.88 Å². The van der Waals surface area contributed by atoms with Gasteiger partial charge >= 0.3 is 6.18 Å². The van der Waals surface area contributed by atoms with Crippen LogP contribution in [0.4, 0.5) is 13.2 Å². The highest BCUT2D eigenvalue weighted by atomic mass is 32.1. The maximum absolute atomic E-state index is 12.4. The highest BCUT2D eigenvalue weighted by Crippen LogP contribution is 2.24. The fourth-order valence-corrected chi connectivity index (χ4v) is 3.25. The van der Waals surface area contributed by atoms with E-state index >= 15 is 0 Å². The molecule has 0 spiro atoms. The number of thiophene rings is 1. The molecule has 2 rings (SSSR count). The molecule has 8 heteroatoms. The third kappa shape index (κ3) is 4.69. The predicted molar refractivity (Wildman–Crippen MR) is 73.0 cm³/mol. The van der Waals surface area contributed by atoms with Crippen molar-refractivity contribution in [3.8, 4) is 0 Å². The Balaban J connectivity index is 1.93. The minimum Gasteiger partial charge on any atom is -0.395 e. The van der Waals surface area contributed by atoms with Crippen molar-refractivity contribution < 1.29 is 23.1 Å². The van der Waals surface area contributed by atoms with Gasteiger partial charge in [-0.1, -0.05) is 0 Å². The number of alkyl halides is 3. The van der Waals surface area contributed by atoms with Crippen LogP contribution in [0.5, 0.6) is 0 Å². The number of rotatable bonds is 5. The summed E-state index contributed by atoms with van der Waals surface area (Å²) >= 11 is 1.64. The number of carbonyl (C=O) groups is 1. The van der Waals surface area contributed by atoms with Crippen LogP contribution in [0.25, 0.3) is 0 Å². The molecular formula is C13H17F3N2O2S. The topological polar surface area (TPSA) is 43.8 Å². The molecule has 118 valence electrons. The number of hydrogen-bond acceptors (Lipinski definition) is 4. The first-order chi connectivity index (χ1) is 9.89. The van der Waals surface area contributed by atoms with E-state index in [4.69, 9.17) is 5.11 Å². The average molecular weight is 322 g/mol. The molecule has 1 aliphatic heterocycles. The molecule has 0 unspecified atom stereocenters. The quantitative estimate of drug-likeness (QED) is 0.893. The van der Waals surface area contributed by atoms with E-state index in [0.717, 1.165) is 16.9 Å². The molecule has 0 aliphatic carbocycles. The van der Waals surface area contributed by atoms with Crippen molar-refractivity contribution in [2.45, 2.75) is 19.1 Å². The molecule has 0 fully saturated rings. The smallest absolute Gasteiger partial charge is 0.395 e. The molecule has 1 N–H and O–H groups in total. The molecule has 21 heavy (non-hydrogen) atoms. The van der Waals surface area contributed by atoms with Gasteiger partial charge in [0.05, 0.1) is 19.7 Å². The first kappa shape index (κ1) is 16.3. The maximum atomic E-state index is 12.4. The fourth-order valence-electron chi connectivity index (χ4n) is 2.36. The van der Waals surface area contributed by atoms with Crippen molar-refractivity contribution in [2.75, 3.05) is 32.8 Å². The molecule has 1 aromatic rings. The molecule has 0 aromatic carbocycles. The molecule has 4 nitrogen and oxygen atoms in total. The monoisotopic (exact) mass is 322 g/mol. The Morgan fingerprint density at radius 3 is 2.90 bits per heavy atom. The summed E-state index contributed by atoms with van der Waals surface area (Å²) in [5.41, 5.74) is 1.07. The number of aliphatic hydroxyl groups excluding tert-OH is 1. The second kappa shape index (κ2) is 6.76. The van der Waals surface area contributed by atoms with Gasteiger partial charge in [0.2, 0.25) is 5.91 Å². The first-order valence-corrected chi connectivity index (χ1v) is 7.50. The van der Waals surface area contributed by atoms with Gasteiger partial charge in [0.15, 0.2) is 0 Å². The number of halogens is 3. The van der Waals surface area contributed by atoms with Crippen molar-refractivity contribution in [3.63, 3.8) is 0 Å². The Labute approximate surface area is 124 Å². The van der Waals surface area contributed by atoms with Gasteiger partial charge in [-0.3, -0.25) is 9.69 Å².